The van der Waals surface area contributed by atoms with E-state index in [1.54, 1.807) is 0 Å². The van der Waals surface area contributed by atoms with Crippen LogP contribution in [0.5, 0.6) is 5.75 Å². The zero-order chi connectivity index (χ0) is 12.1. The van der Waals surface area contributed by atoms with Crippen LogP contribution in [0.25, 0.3) is 0 Å². The Labute approximate surface area is 104 Å². The van der Waals surface area contributed by atoms with Crippen molar-refractivity contribution in [3.63, 3.8) is 0 Å². The number of para-hydroxylation sites is 1. The van der Waals surface area contributed by atoms with Crippen LogP contribution in [0.4, 0.5) is 11.4 Å². The molecule has 0 aliphatic heterocycles. The lowest BCUT2D eigenvalue weighted by Crippen LogP contribution is -2.10. The van der Waals surface area contributed by atoms with Crippen LogP contribution in [0.1, 0.15) is 0 Å². The van der Waals surface area contributed by atoms with Gasteiger partial charge in [-0.25, -0.2) is 0 Å². The third-order valence-corrected chi connectivity index (χ3v) is 2.88. The first-order valence-corrected chi connectivity index (χ1v) is 8.05. The molecule has 0 amide bonds. The number of anilines is 2. The molecule has 0 aliphatic carbocycles. The SMILES string of the molecule is C[Si](C)Oc1ccc(Nc2ccccc2)cc1. The highest BCUT2D eigenvalue weighted by molar-refractivity contribution is 6.49. The van der Waals surface area contributed by atoms with Crippen LogP contribution in [0.3, 0.4) is 0 Å². The molecule has 2 rings (SSSR count). The highest BCUT2D eigenvalue weighted by Crippen LogP contribution is 2.20. The minimum absolute atomic E-state index is 0.678. The number of nitrogens with one attached hydrogen (secondary N) is 1. The molecule has 0 aliphatic rings. The van der Waals surface area contributed by atoms with Gasteiger partial charge in [-0.15, -0.1) is 0 Å². The molecule has 0 saturated carbocycles. The molecule has 2 aromatic rings. The summed E-state index contributed by atoms with van der Waals surface area (Å²) >= 11 is 0. The molecular weight excluding hydrogens is 226 g/mol. The molecule has 1 radical (unpaired) electrons. The molecule has 0 aromatic heterocycles. The van der Waals surface area contributed by atoms with E-state index in [0.29, 0.717) is 0 Å². The van der Waals surface area contributed by atoms with Crippen molar-refractivity contribution in [2.45, 2.75) is 13.1 Å². The lowest BCUT2D eigenvalue weighted by Gasteiger charge is -2.10. The van der Waals surface area contributed by atoms with E-state index in [4.69, 9.17) is 4.43 Å². The molecule has 0 heterocycles. The molecule has 0 spiro atoms. The zero-order valence-corrected chi connectivity index (χ0v) is 11.1. The van der Waals surface area contributed by atoms with Crippen molar-refractivity contribution in [2.24, 2.45) is 0 Å². The monoisotopic (exact) mass is 242 g/mol. The lowest BCUT2D eigenvalue weighted by atomic mass is 10.2. The van der Waals surface area contributed by atoms with E-state index in [0.717, 1.165) is 17.1 Å². The van der Waals surface area contributed by atoms with Gasteiger partial charge in [-0.3, -0.25) is 0 Å². The van der Waals surface area contributed by atoms with E-state index < -0.39 is 9.04 Å². The number of rotatable bonds is 4. The van der Waals surface area contributed by atoms with E-state index >= 15 is 0 Å². The first kappa shape index (κ1) is 11.7. The van der Waals surface area contributed by atoms with E-state index in [2.05, 4.69) is 18.4 Å². The normalized spacial score (nSPS) is 10.3. The number of hydrogen-bond donors (Lipinski definition) is 1. The molecule has 2 aromatic carbocycles. The fourth-order valence-corrected chi connectivity index (χ4v) is 2.14. The number of benzene rings is 2. The van der Waals surface area contributed by atoms with Crippen molar-refractivity contribution >= 4 is 20.4 Å². The van der Waals surface area contributed by atoms with Crippen molar-refractivity contribution in [3.8, 4) is 5.75 Å². The van der Waals surface area contributed by atoms with Crippen LogP contribution < -0.4 is 9.74 Å². The Bertz CT molecular complexity index is 453. The molecule has 0 saturated heterocycles. The predicted octanol–water partition coefficient (Wildman–Crippen LogP) is 4.06. The summed E-state index contributed by atoms with van der Waals surface area (Å²) in [7, 11) is -0.678. The molecule has 2 nitrogen and oxygen atoms in total. The van der Waals surface area contributed by atoms with Crippen LogP contribution >= 0.6 is 0 Å². The zero-order valence-electron chi connectivity index (χ0n) is 10.1. The average Bonchev–Trinajstić information content (AvgIpc) is 2.32. The van der Waals surface area contributed by atoms with Gasteiger partial charge >= 0.3 is 0 Å². The fourth-order valence-electron chi connectivity index (χ4n) is 1.53. The highest BCUT2D eigenvalue weighted by atomic mass is 28.3. The Kier molecular flexibility index (Phi) is 3.83. The van der Waals surface area contributed by atoms with E-state index in [-0.39, 0.29) is 0 Å². The average molecular weight is 242 g/mol. The van der Waals surface area contributed by atoms with Gasteiger partial charge in [0.15, 0.2) is 0 Å². The summed E-state index contributed by atoms with van der Waals surface area (Å²) in [5.74, 6) is 0.947. The van der Waals surface area contributed by atoms with Crippen LogP contribution in [0.15, 0.2) is 54.6 Å². The van der Waals surface area contributed by atoms with Gasteiger partial charge in [-0.1, -0.05) is 18.2 Å². The Morgan fingerprint density at radius 1 is 0.824 bits per heavy atom. The van der Waals surface area contributed by atoms with Gasteiger partial charge < -0.3 is 9.74 Å². The first-order chi connectivity index (χ1) is 8.24. The van der Waals surface area contributed by atoms with Gasteiger partial charge in [0, 0.05) is 11.4 Å². The minimum atomic E-state index is -0.678. The molecule has 0 atom stereocenters. The predicted molar refractivity (Wildman–Crippen MR) is 74.3 cm³/mol. The molecule has 0 unspecified atom stereocenters. The summed E-state index contributed by atoms with van der Waals surface area (Å²) in [4.78, 5) is 0. The van der Waals surface area contributed by atoms with Gasteiger partial charge in [-0.2, -0.15) is 0 Å². The standard InChI is InChI=1S/C14H16NOSi/c1-17(2)16-14-10-8-13(9-11-14)15-12-6-4-3-5-7-12/h3-11,15H,1-2H3. The maximum atomic E-state index is 5.69. The summed E-state index contributed by atoms with van der Waals surface area (Å²) in [5.41, 5.74) is 2.17. The maximum Gasteiger partial charge on any atom is 0.274 e. The quantitative estimate of drug-likeness (QED) is 0.816. The van der Waals surface area contributed by atoms with Crippen LogP contribution in [-0.4, -0.2) is 9.04 Å². The summed E-state index contributed by atoms with van der Waals surface area (Å²) in [6.07, 6.45) is 0. The molecule has 3 heteroatoms. The Morgan fingerprint density at radius 3 is 2.00 bits per heavy atom. The summed E-state index contributed by atoms with van der Waals surface area (Å²) in [6.45, 7) is 4.25. The van der Waals surface area contributed by atoms with Crippen LogP contribution in [-0.2, 0) is 0 Å². The fraction of sp³-hybridized carbons (Fsp3) is 0.143. The third kappa shape index (κ3) is 3.64. The smallest absolute Gasteiger partial charge is 0.274 e. The van der Waals surface area contributed by atoms with Crippen molar-refractivity contribution in [2.75, 3.05) is 5.32 Å². The molecule has 17 heavy (non-hydrogen) atoms. The molecule has 0 bridgehead atoms. The largest absolute Gasteiger partial charge is 0.543 e. The minimum Gasteiger partial charge on any atom is -0.543 e. The number of hydrogen-bond acceptors (Lipinski definition) is 2. The van der Waals surface area contributed by atoms with E-state index in [1.165, 1.54) is 0 Å². The van der Waals surface area contributed by atoms with Gasteiger partial charge in [0.2, 0.25) is 0 Å². The van der Waals surface area contributed by atoms with Crippen molar-refractivity contribution < 1.29 is 4.43 Å². The first-order valence-electron chi connectivity index (χ1n) is 5.64. The second-order valence-electron chi connectivity index (χ2n) is 4.03. The van der Waals surface area contributed by atoms with Crippen LogP contribution in [0.2, 0.25) is 13.1 Å². The molecular formula is C14H16NOSi. The summed E-state index contributed by atoms with van der Waals surface area (Å²) < 4.78 is 5.69. The van der Waals surface area contributed by atoms with Gasteiger partial charge in [0.05, 0.1) is 0 Å². The topological polar surface area (TPSA) is 21.3 Å². The van der Waals surface area contributed by atoms with Crippen molar-refractivity contribution in [1.82, 2.24) is 0 Å². The third-order valence-electron chi connectivity index (χ3n) is 2.24. The molecule has 87 valence electrons. The van der Waals surface area contributed by atoms with Crippen molar-refractivity contribution in [3.05, 3.63) is 54.6 Å². The lowest BCUT2D eigenvalue weighted by molar-refractivity contribution is 0.581. The summed E-state index contributed by atoms with van der Waals surface area (Å²) in [6, 6.07) is 18.2. The highest BCUT2D eigenvalue weighted by Gasteiger charge is 2.00. The van der Waals surface area contributed by atoms with Gasteiger partial charge in [0.1, 0.15) is 5.75 Å². The maximum absolute atomic E-state index is 5.69. The Balaban J connectivity index is 2.03. The van der Waals surface area contributed by atoms with E-state index in [9.17, 15) is 0 Å². The van der Waals surface area contributed by atoms with Gasteiger partial charge in [-0.05, 0) is 49.5 Å². The van der Waals surface area contributed by atoms with Gasteiger partial charge in [0.25, 0.3) is 9.04 Å². The Morgan fingerprint density at radius 2 is 1.41 bits per heavy atom. The van der Waals surface area contributed by atoms with Crippen LogP contribution in [0, 0.1) is 0 Å². The van der Waals surface area contributed by atoms with E-state index in [1.807, 2.05) is 54.6 Å². The molecule has 0 fully saturated rings. The Hall–Kier alpha value is -1.74. The molecule has 1 N–H and O–H groups in total. The summed E-state index contributed by atoms with van der Waals surface area (Å²) in [5, 5.41) is 3.34. The second kappa shape index (κ2) is 5.55. The van der Waals surface area contributed by atoms with Crippen molar-refractivity contribution in [1.29, 1.82) is 0 Å². The second-order valence-corrected chi connectivity index (χ2v) is 6.05.